The van der Waals surface area contributed by atoms with Gasteiger partial charge in [-0.2, -0.15) is 0 Å². The molecule has 0 aromatic heterocycles. The van der Waals surface area contributed by atoms with Crippen LogP contribution in [0.3, 0.4) is 0 Å². The van der Waals surface area contributed by atoms with Gasteiger partial charge in [0, 0.05) is 5.92 Å². The Hall–Kier alpha value is 0.610. The molecule has 0 aromatic carbocycles. The first-order valence-electron chi connectivity index (χ1n) is 11.7. The Balaban J connectivity index is 5.04. The largest absolute Gasteiger partial charge is 0.327 e. The minimum absolute atomic E-state index is 0.330. The van der Waals surface area contributed by atoms with Crippen molar-refractivity contribution in [2.75, 3.05) is 24.2 Å². The number of halogens is 1. The van der Waals surface area contributed by atoms with Crippen molar-refractivity contribution in [1.82, 2.24) is 0 Å². The topological polar surface area (TPSA) is 27.7 Å². The van der Waals surface area contributed by atoms with Crippen molar-refractivity contribution >= 4 is 22.6 Å². The van der Waals surface area contributed by atoms with Crippen molar-refractivity contribution in [3.8, 4) is 0 Å². The average molecular weight is 499 g/mol. The van der Waals surface area contributed by atoms with E-state index in [-0.39, 0.29) is 0 Å². The Labute approximate surface area is 183 Å². The predicted octanol–water partition coefficient (Wildman–Crippen LogP) is 7.89. The van der Waals surface area contributed by atoms with E-state index in [0.717, 1.165) is 32.1 Å². The second kappa shape index (κ2) is 19.9. The number of ether oxygens (including phenoxy) is 3. The highest BCUT2D eigenvalue weighted by atomic mass is 127. The van der Waals surface area contributed by atoms with Gasteiger partial charge in [0.1, 0.15) is 0 Å². The number of hydrogen-bond donors (Lipinski definition) is 0. The van der Waals surface area contributed by atoms with Crippen LogP contribution in [0.15, 0.2) is 0 Å². The van der Waals surface area contributed by atoms with E-state index in [1.807, 2.05) is 0 Å². The molecule has 27 heavy (non-hydrogen) atoms. The molecule has 0 aliphatic carbocycles. The maximum Gasteiger partial charge on any atom is 0.285 e. The summed E-state index contributed by atoms with van der Waals surface area (Å²) in [4.78, 5) is 0. The molecule has 0 N–H and O–H groups in total. The maximum absolute atomic E-state index is 6.33. The van der Waals surface area contributed by atoms with Crippen molar-refractivity contribution in [3.05, 3.63) is 0 Å². The van der Waals surface area contributed by atoms with Crippen LogP contribution in [0.4, 0.5) is 0 Å². The van der Waals surface area contributed by atoms with Crippen molar-refractivity contribution in [2.45, 2.75) is 117 Å². The zero-order valence-electron chi connectivity index (χ0n) is 18.7. The highest BCUT2D eigenvalue weighted by Gasteiger charge is 2.41. The Bertz CT molecular complexity index is 278. The quantitative estimate of drug-likeness (QED) is 0.0697. The minimum Gasteiger partial charge on any atom is -0.327 e. The molecule has 0 saturated carbocycles. The van der Waals surface area contributed by atoms with Gasteiger partial charge in [-0.3, -0.25) is 0 Å². The predicted molar refractivity (Wildman–Crippen MR) is 126 cm³/mol. The van der Waals surface area contributed by atoms with Gasteiger partial charge in [-0.05, 0) is 43.0 Å². The summed E-state index contributed by atoms with van der Waals surface area (Å²) in [7, 11) is 0. The molecule has 164 valence electrons. The molecule has 1 atom stereocenters. The summed E-state index contributed by atoms with van der Waals surface area (Å²) < 4.78 is 20.2. The summed E-state index contributed by atoms with van der Waals surface area (Å²) in [6, 6.07) is 0. The van der Waals surface area contributed by atoms with E-state index in [1.54, 1.807) is 0 Å². The summed E-state index contributed by atoms with van der Waals surface area (Å²) in [5, 5.41) is 0. The molecule has 0 fully saturated rings. The molecule has 1 unspecified atom stereocenters. The van der Waals surface area contributed by atoms with Crippen molar-refractivity contribution < 1.29 is 14.2 Å². The Kier molecular flexibility index (Phi) is 20.4. The second-order valence-electron chi connectivity index (χ2n) is 7.59. The van der Waals surface area contributed by atoms with Crippen LogP contribution in [0.25, 0.3) is 0 Å². The standard InChI is InChI=1S/C23H47IO3/c1-5-9-10-11-12-13-16-22(17-14-15-18-24)23(25-19-6-2,26-20-7-3)27-21-8-4/h22H,5-21H2,1-4H3. The number of rotatable bonds is 21. The van der Waals surface area contributed by atoms with Gasteiger partial charge < -0.3 is 14.2 Å². The number of unbranched alkanes of at least 4 members (excludes halogenated alkanes) is 6. The third kappa shape index (κ3) is 13.5. The van der Waals surface area contributed by atoms with Crippen LogP contribution >= 0.6 is 22.6 Å². The third-order valence-corrected chi connectivity index (χ3v) is 5.63. The normalized spacial score (nSPS) is 13.2. The summed E-state index contributed by atoms with van der Waals surface area (Å²) in [5.41, 5.74) is 0. The minimum atomic E-state index is -0.837. The van der Waals surface area contributed by atoms with Gasteiger partial charge in [-0.25, -0.2) is 0 Å². The molecular weight excluding hydrogens is 451 g/mol. The van der Waals surface area contributed by atoms with Gasteiger partial charge in [0.15, 0.2) is 0 Å². The maximum atomic E-state index is 6.33. The van der Waals surface area contributed by atoms with E-state index >= 15 is 0 Å². The van der Waals surface area contributed by atoms with E-state index in [9.17, 15) is 0 Å². The van der Waals surface area contributed by atoms with Gasteiger partial charge >= 0.3 is 0 Å². The SMILES string of the molecule is CCCCCCCCC(CCCCI)C(OCCC)(OCCC)OCCC. The molecule has 0 saturated heterocycles. The van der Waals surface area contributed by atoms with Gasteiger partial charge in [-0.1, -0.05) is 95.2 Å². The highest BCUT2D eigenvalue weighted by molar-refractivity contribution is 14.1. The molecule has 0 bridgehead atoms. The summed E-state index contributed by atoms with van der Waals surface area (Å²) in [6.45, 7) is 10.8. The van der Waals surface area contributed by atoms with E-state index in [1.165, 1.54) is 55.8 Å². The molecule has 0 heterocycles. The Morgan fingerprint density at radius 1 is 0.593 bits per heavy atom. The molecule has 0 rings (SSSR count). The van der Waals surface area contributed by atoms with Gasteiger partial charge in [0.2, 0.25) is 0 Å². The third-order valence-electron chi connectivity index (χ3n) is 4.86. The molecule has 0 spiro atoms. The first-order chi connectivity index (χ1) is 13.2. The summed E-state index contributed by atoms with van der Waals surface area (Å²) in [6.07, 6.45) is 15.7. The Morgan fingerprint density at radius 3 is 1.48 bits per heavy atom. The fourth-order valence-corrected chi connectivity index (χ4v) is 3.91. The second-order valence-corrected chi connectivity index (χ2v) is 8.67. The molecule has 0 aliphatic heterocycles. The van der Waals surface area contributed by atoms with Crippen LogP contribution in [0.5, 0.6) is 0 Å². The monoisotopic (exact) mass is 498 g/mol. The molecule has 0 amide bonds. The van der Waals surface area contributed by atoms with Crippen molar-refractivity contribution in [2.24, 2.45) is 5.92 Å². The lowest BCUT2D eigenvalue weighted by atomic mass is 9.92. The van der Waals surface area contributed by atoms with Crippen LogP contribution in [0.1, 0.15) is 111 Å². The van der Waals surface area contributed by atoms with E-state index in [0.29, 0.717) is 25.7 Å². The smallest absolute Gasteiger partial charge is 0.285 e. The zero-order valence-corrected chi connectivity index (χ0v) is 20.9. The van der Waals surface area contributed by atoms with Crippen LogP contribution in [-0.4, -0.2) is 30.2 Å². The van der Waals surface area contributed by atoms with Crippen molar-refractivity contribution in [3.63, 3.8) is 0 Å². The van der Waals surface area contributed by atoms with Crippen molar-refractivity contribution in [1.29, 1.82) is 0 Å². The zero-order chi connectivity index (χ0) is 20.2. The van der Waals surface area contributed by atoms with Crippen LogP contribution in [0, 0.1) is 5.92 Å². The summed E-state index contributed by atoms with van der Waals surface area (Å²) >= 11 is 2.48. The summed E-state index contributed by atoms with van der Waals surface area (Å²) in [5.74, 6) is -0.507. The lowest BCUT2D eigenvalue weighted by Gasteiger charge is -2.40. The van der Waals surface area contributed by atoms with Gasteiger partial charge in [-0.15, -0.1) is 0 Å². The van der Waals surface area contributed by atoms with Crippen LogP contribution < -0.4 is 0 Å². The van der Waals surface area contributed by atoms with E-state index < -0.39 is 5.97 Å². The highest BCUT2D eigenvalue weighted by Crippen LogP contribution is 2.35. The molecule has 3 nitrogen and oxygen atoms in total. The molecule has 0 aromatic rings. The molecular formula is C23H47IO3. The van der Waals surface area contributed by atoms with Gasteiger partial charge in [0.05, 0.1) is 19.8 Å². The number of hydrogen-bond acceptors (Lipinski definition) is 3. The van der Waals surface area contributed by atoms with Gasteiger partial charge in [0.25, 0.3) is 5.97 Å². The Morgan fingerprint density at radius 2 is 1.04 bits per heavy atom. The fourth-order valence-electron chi connectivity index (χ4n) is 3.37. The molecule has 4 heteroatoms. The van der Waals surface area contributed by atoms with Crippen LogP contribution in [-0.2, 0) is 14.2 Å². The lowest BCUT2D eigenvalue weighted by molar-refractivity contribution is -0.406. The molecule has 0 radical (unpaired) electrons. The molecule has 0 aliphatic rings. The lowest BCUT2D eigenvalue weighted by Crippen LogP contribution is -2.47. The van der Waals surface area contributed by atoms with Crippen LogP contribution in [0.2, 0.25) is 0 Å². The first kappa shape index (κ1) is 27.6. The van der Waals surface area contributed by atoms with E-state index in [4.69, 9.17) is 14.2 Å². The average Bonchev–Trinajstić information content (AvgIpc) is 2.69. The first-order valence-corrected chi connectivity index (χ1v) is 13.2. The van der Waals surface area contributed by atoms with E-state index in [2.05, 4.69) is 50.3 Å². The number of alkyl halides is 1. The fraction of sp³-hybridized carbons (Fsp3) is 1.00.